The highest BCUT2D eigenvalue weighted by Crippen LogP contribution is 2.33. The van der Waals surface area contributed by atoms with E-state index in [1.54, 1.807) is 0 Å². The van der Waals surface area contributed by atoms with Gasteiger partial charge in [-0.1, -0.05) is 26.2 Å². The number of hydrogen-bond donors (Lipinski definition) is 2. The van der Waals surface area contributed by atoms with Gasteiger partial charge in [0.05, 0.1) is 10.4 Å². The number of sulfonamides is 1. The summed E-state index contributed by atoms with van der Waals surface area (Å²) in [5, 5.41) is 9.10. The first-order valence-corrected chi connectivity index (χ1v) is 9.97. The van der Waals surface area contributed by atoms with Crippen LogP contribution >= 0.6 is 27.3 Å². The van der Waals surface area contributed by atoms with Gasteiger partial charge >= 0.3 is 0 Å². The second kappa shape index (κ2) is 6.87. The maximum Gasteiger partial charge on any atom is 0.242 e. The summed E-state index contributed by atoms with van der Waals surface area (Å²) in [5.41, 5.74) is 0. The average Bonchev–Trinajstić information content (AvgIpc) is 2.80. The van der Waals surface area contributed by atoms with Crippen LogP contribution in [0, 0.1) is 5.92 Å². The van der Waals surface area contributed by atoms with Crippen LogP contribution in [0.3, 0.4) is 0 Å². The molecule has 2 atom stereocenters. The van der Waals surface area contributed by atoms with Gasteiger partial charge in [-0.25, -0.2) is 13.1 Å². The van der Waals surface area contributed by atoms with Crippen molar-refractivity contribution >= 4 is 37.3 Å². The molecule has 114 valence electrons. The Morgan fingerprint density at radius 1 is 1.50 bits per heavy atom. The van der Waals surface area contributed by atoms with Crippen molar-refractivity contribution in [2.24, 2.45) is 5.92 Å². The molecule has 0 radical (unpaired) electrons. The SMILES string of the molecule is CCC1CCCC(NS(=O)(=O)c2cc(CO)sc2Br)C1. The van der Waals surface area contributed by atoms with Crippen molar-refractivity contribution in [1.82, 2.24) is 4.72 Å². The van der Waals surface area contributed by atoms with Crippen LogP contribution in [0.1, 0.15) is 43.9 Å². The Kier molecular flexibility index (Phi) is 5.64. The van der Waals surface area contributed by atoms with Crippen molar-refractivity contribution in [2.75, 3.05) is 0 Å². The molecule has 2 unspecified atom stereocenters. The molecule has 1 fully saturated rings. The zero-order chi connectivity index (χ0) is 14.8. The van der Waals surface area contributed by atoms with Gasteiger partial charge in [0, 0.05) is 10.9 Å². The van der Waals surface area contributed by atoms with E-state index in [9.17, 15) is 8.42 Å². The zero-order valence-electron chi connectivity index (χ0n) is 11.4. The molecule has 1 aliphatic carbocycles. The number of rotatable bonds is 5. The molecule has 1 saturated carbocycles. The highest BCUT2D eigenvalue weighted by atomic mass is 79.9. The van der Waals surface area contributed by atoms with Crippen molar-refractivity contribution in [3.05, 3.63) is 14.7 Å². The molecule has 1 aromatic heterocycles. The van der Waals surface area contributed by atoms with E-state index in [1.165, 1.54) is 23.8 Å². The van der Waals surface area contributed by atoms with Gasteiger partial charge in [0.15, 0.2) is 0 Å². The van der Waals surface area contributed by atoms with E-state index in [2.05, 4.69) is 27.6 Å². The summed E-state index contributed by atoms with van der Waals surface area (Å²) in [5.74, 6) is 0.621. The number of hydrogen-bond acceptors (Lipinski definition) is 4. The predicted molar refractivity (Wildman–Crippen MR) is 84.3 cm³/mol. The van der Waals surface area contributed by atoms with E-state index in [0.717, 1.165) is 25.7 Å². The number of nitrogens with one attached hydrogen (secondary N) is 1. The first kappa shape index (κ1) is 16.4. The average molecular weight is 382 g/mol. The molecule has 0 amide bonds. The Bertz CT molecular complexity index is 556. The van der Waals surface area contributed by atoms with Gasteiger partial charge in [-0.2, -0.15) is 0 Å². The fraction of sp³-hybridized carbons (Fsp3) is 0.692. The Labute approximate surface area is 132 Å². The Balaban J connectivity index is 2.12. The molecule has 7 heteroatoms. The molecule has 4 nitrogen and oxygen atoms in total. The minimum absolute atomic E-state index is 0.0306. The summed E-state index contributed by atoms with van der Waals surface area (Å²) in [7, 11) is -3.51. The van der Waals surface area contributed by atoms with Crippen LogP contribution in [0.5, 0.6) is 0 Å². The molecular formula is C13H20BrNO3S2. The van der Waals surface area contributed by atoms with Crippen LogP contribution in [0.4, 0.5) is 0 Å². The first-order chi connectivity index (χ1) is 9.46. The van der Waals surface area contributed by atoms with E-state index >= 15 is 0 Å². The lowest BCUT2D eigenvalue weighted by Gasteiger charge is -2.28. The lowest BCUT2D eigenvalue weighted by molar-refractivity contribution is 0.285. The van der Waals surface area contributed by atoms with Crippen molar-refractivity contribution in [3.8, 4) is 0 Å². The van der Waals surface area contributed by atoms with Crippen LogP contribution in [-0.4, -0.2) is 19.6 Å². The van der Waals surface area contributed by atoms with E-state index < -0.39 is 10.0 Å². The number of thiophene rings is 1. The third-order valence-corrected chi connectivity index (χ3v) is 7.59. The molecule has 0 bridgehead atoms. The highest BCUT2D eigenvalue weighted by molar-refractivity contribution is 9.11. The highest BCUT2D eigenvalue weighted by Gasteiger charge is 2.27. The summed E-state index contributed by atoms with van der Waals surface area (Å²) in [6.07, 6.45) is 5.22. The zero-order valence-corrected chi connectivity index (χ0v) is 14.7. The topological polar surface area (TPSA) is 66.4 Å². The Hall–Kier alpha value is 0.0500. The Morgan fingerprint density at radius 2 is 2.25 bits per heavy atom. The van der Waals surface area contributed by atoms with Crippen molar-refractivity contribution < 1.29 is 13.5 Å². The standard InChI is InChI=1S/C13H20BrNO3S2/c1-2-9-4-3-5-10(6-9)15-20(17,18)12-7-11(8-16)19-13(12)14/h7,9-10,15-16H,2-6,8H2,1H3. The summed E-state index contributed by atoms with van der Waals surface area (Å²) in [6, 6.07) is 1.57. The fourth-order valence-electron chi connectivity index (χ4n) is 2.71. The maximum atomic E-state index is 12.4. The van der Waals surface area contributed by atoms with Crippen LogP contribution in [0.15, 0.2) is 14.7 Å². The third-order valence-electron chi connectivity index (χ3n) is 3.83. The van der Waals surface area contributed by atoms with E-state index in [0.29, 0.717) is 14.6 Å². The molecule has 0 aliphatic heterocycles. The van der Waals surface area contributed by atoms with E-state index in [1.807, 2.05) is 0 Å². The number of halogens is 1. The minimum atomic E-state index is -3.51. The van der Waals surface area contributed by atoms with Crippen molar-refractivity contribution in [3.63, 3.8) is 0 Å². The molecular weight excluding hydrogens is 362 g/mol. The lowest BCUT2D eigenvalue weighted by Crippen LogP contribution is -2.38. The van der Waals surface area contributed by atoms with Crippen LogP contribution in [0.2, 0.25) is 0 Å². The third kappa shape index (κ3) is 3.82. The van der Waals surface area contributed by atoms with E-state index in [4.69, 9.17) is 5.11 Å². The van der Waals surface area contributed by atoms with Gasteiger partial charge < -0.3 is 5.11 Å². The second-order valence-corrected chi connectivity index (χ2v) is 9.40. The van der Waals surface area contributed by atoms with Gasteiger partial charge in [0.1, 0.15) is 4.90 Å². The number of aliphatic hydroxyl groups is 1. The summed E-state index contributed by atoms with van der Waals surface area (Å²) >= 11 is 4.53. The molecule has 1 heterocycles. The minimum Gasteiger partial charge on any atom is -0.391 e. The summed E-state index contributed by atoms with van der Waals surface area (Å²) in [6.45, 7) is 2.02. The molecule has 2 rings (SSSR count). The smallest absolute Gasteiger partial charge is 0.242 e. The van der Waals surface area contributed by atoms with Crippen LogP contribution in [-0.2, 0) is 16.6 Å². The van der Waals surface area contributed by atoms with Crippen LogP contribution in [0.25, 0.3) is 0 Å². The van der Waals surface area contributed by atoms with Gasteiger partial charge in [-0.15, -0.1) is 11.3 Å². The maximum absolute atomic E-state index is 12.4. The van der Waals surface area contributed by atoms with Gasteiger partial charge in [0.25, 0.3) is 0 Å². The molecule has 0 spiro atoms. The predicted octanol–water partition coefficient (Wildman–Crippen LogP) is 3.25. The van der Waals surface area contributed by atoms with Crippen LogP contribution < -0.4 is 4.72 Å². The Morgan fingerprint density at radius 3 is 2.85 bits per heavy atom. The molecule has 0 saturated heterocycles. The summed E-state index contributed by atoms with van der Waals surface area (Å²) in [4.78, 5) is 0.887. The van der Waals surface area contributed by atoms with Crippen molar-refractivity contribution in [1.29, 1.82) is 0 Å². The fourth-order valence-corrected chi connectivity index (χ4v) is 6.54. The molecule has 1 aliphatic rings. The lowest BCUT2D eigenvalue weighted by atomic mass is 9.85. The normalized spacial score (nSPS) is 23.9. The largest absolute Gasteiger partial charge is 0.391 e. The van der Waals surface area contributed by atoms with Gasteiger partial charge in [-0.3, -0.25) is 0 Å². The summed E-state index contributed by atoms with van der Waals surface area (Å²) < 4.78 is 28.2. The van der Waals surface area contributed by atoms with E-state index in [-0.39, 0.29) is 17.5 Å². The van der Waals surface area contributed by atoms with Gasteiger partial charge in [-0.05, 0) is 40.8 Å². The molecule has 2 N–H and O–H groups in total. The quantitative estimate of drug-likeness (QED) is 0.822. The van der Waals surface area contributed by atoms with Gasteiger partial charge in [0.2, 0.25) is 10.0 Å². The molecule has 1 aromatic rings. The monoisotopic (exact) mass is 381 g/mol. The second-order valence-electron chi connectivity index (χ2n) is 5.27. The molecule has 0 aromatic carbocycles. The first-order valence-electron chi connectivity index (χ1n) is 6.87. The van der Waals surface area contributed by atoms with Crippen molar-refractivity contribution in [2.45, 2.75) is 56.6 Å². The number of aliphatic hydroxyl groups excluding tert-OH is 1. The molecule has 20 heavy (non-hydrogen) atoms.